The van der Waals surface area contributed by atoms with E-state index in [-0.39, 0.29) is 11.3 Å². The van der Waals surface area contributed by atoms with E-state index in [4.69, 9.17) is 9.47 Å². The summed E-state index contributed by atoms with van der Waals surface area (Å²) in [4.78, 5) is 28.3. The Morgan fingerprint density at radius 1 is 1.23 bits per heavy atom. The van der Waals surface area contributed by atoms with Crippen molar-refractivity contribution in [3.8, 4) is 0 Å². The first-order valence-electron chi connectivity index (χ1n) is 11.4. The molecule has 1 aliphatic heterocycles. The molecule has 3 rings (SSSR count). The fraction of sp³-hybridized carbons (Fsp3) is 0.739. The van der Waals surface area contributed by atoms with Crippen LogP contribution in [0.5, 0.6) is 0 Å². The fourth-order valence-corrected chi connectivity index (χ4v) is 4.68. The number of carbonyl (C=O) groups is 1. The molecule has 1 N–H and O–H groups in total. The number of aromatic nitrogens is 1. The summed E-state index contributed by atoms with van der Waals surface area (Å²) in [6.45, 7) is 8.12. The molecule has 30 heavy (non-hydrogen) atoms. The zero-order valence-corrected chi connectivity index (χ0v) is 18.6. The van der Waals surface area contributed by atoms with Gasteiger partial charge in [-0.15, -0.1) is 0 Å². The number of aryl methyl sites for hydroxylation is 1. The number of methoxy groups -OCH3 is 1. The fourth-order valence-electron chi connectivity index (χ4n) is 4.68. The molecule has 7 heteroatoms. The Labute approximate surface area is 179 Å². The molecule has 7 nitrogen and oxygen atoms in total. The van der Waals surface area contributed by atoms with Crippen molar-refractivity contribution in [2.45, 2.75) is 52.0 Å². The van der Waals surface area contributed by atoms with Crippen molar-refractivity contribution in [3.05, 3.63) is 33.2 Å². The minimum absolute atomic E-state index is 0.167. The number of hydrogen-bond donors (Lipinski definition) is 1. The van der Waals surface area contributed by atoms with E-state index in [1.54, 1.807) is 13.2 Å². The highest BCUT2D eigenvalue weighted by Gasteiger charge is 2.24. The minimum atomic E-state index is -0.235. The monoisotopic (exact) mass is 419 g/mol. The number of carbonyl (C=O) groups excluding carboxylic acids is 1. The number of nitrogens with zero attached hydrogens (tertiary/aromatic N) is 2. The third kappa shape index (κ3) is 6.15. The summed E-state index contributed by atoms with van der Waals surface area (Å²) in [5, 5.41) is 3.01. The van der Waals surface area contributed by atoms with E-state index in [1.807, 2.05) is 6.92 Å². The van der Waals surface area contributed by atoms with Gasteiger partial charge in [-0.1, -0.05) is 25.7 Å². The van der Waals surface area contributed by atoms with Gasteiger partial charge in [0.15, 0.2) is 5.43 Å². The van der Waals surface area contributed by atoms with Crippen LogP contribution in [0.2, 0.25) is 0 Å². The molecule has 1 aliphatic carbocycles. The summed E-state index contributed by atoms with van der Waals surface area (Å²) >= 11 is 0. The third-order valence-electron chi connectivity index (χ3n) is 6.37. The van der Waals surface area contributed by atoms with Crippen LogP contribution >= 0.6 is 0 Å². The summed E-state index contributed by atoms with van der Waals surface area (Å²) in [6, 6.07) is 1.59. The van der Waals surface area contributed by atoms with Crippen LogP contribution in [0, 0.1) is 12.8 Å². The van der Waals surface area contributed by atoms with Crippen LogP contribution in [0.4, 0.5) is 0 Å². The second kappa shape index (κ2) is 11.6. The Morgan fingerprint density at radius 2 is 1.97 bits per heavy atom. The summed E-state index contributed by atoms with van der Waals surface area (Å²) in [5.74, 6) is 0.314. The molecule has 1 aromatic heterocycles. The maximum atomic E-state index is 13.1. The van der Waals surface area contributed by atoms with Crippen molar-refractivity contribution in [2.75, 3.05) is 53.1 Å². The van der Waals surface area contributed by atoms with Crippen LogP contribution in [0.15, 0.2) is 10.9 Å². The van der Waals surface area contributed by atoms with Crippen LogP contribution in [0.3, 0.4) is 0 Å². The van der Waals surface area contributed by atoms with Gasteiger partial charge in [0.05, 0.1) is 19.8 Å². The third-order valence-corrected chi connectivity index (χ3v) is 6.37. The average molecular weight is 420 g/mol. The summed E-state index contributed by atoms with van der Waals surface area (Å²) in [5.41, 5.74) is 1.94. The molecular formula is C23H37N3O4. The molecule has 0 bridgehead atoms. The predicted octanol–water partition coefficient (Wildman–Crippen LogP) is 1.99. The molecule has 1 saturated carbocycles. The lowest BCUT2D eigenvalue weighted by Gasteiger charge is -2.26. The molecule has 2 aliphatic rings. The van der Waals surface area contributed by atoms with Gasteiger partial charge in [0.25, 0.3) is 5.91 Å². The molecular weight excluding hydrogens is 382 g/mol. The first kappa shape index (κ1) is 23.0. The zero-order valence-electron chi connectivity index (χ0n) is 18.6. The molecule has 1 amide bonds. The second-order valence-electron chi connectivity index (χ2n) is 8.53. The van der Waals surface area contributed by atoms with Crippen LogP contribution in [0.1, 0.15) is 53.8 Å². The highest BCUT2D eigenvalue weighted by atomic mass is 16.5. The van der Waals surface area contributed by atoms with Gasteiger partial charge >= 0.3 is 0 Å². The molecule has 0 aromatic carbocycles. The maximum absolute atomic E-state index is 13.1. The molecule has 168 valence electrons. The van der Waals surface area contributed by atoms with E-state index in [2.05, 4.69) is 14.8 Å². The van der Waals surface area contributed by atoms with E-state index >= 15 is 0 Å². The first-order valence-corrected chi connectivity index (χ1v) is 11.4. The van der Waals surface area contributed by atoms with Crippen molar-refractivity contribution >= 4 is 5.91 Å². The molecule has 0 unspecified atom stereocenters. The van der Waals surface area contributed by atoms with Gasteiger partial charge in [0.2, 0.25) is 0 Å². The Bertz CT molecular complexity index is 750. The Morgan fingerprint density at radius 3 is 2.67 bits per heavy atom. The van der Waals surface area contributed by atoms with E-state index in [0.717, 1.165) is 57.1 Å². The van der Waals surface area contributed by atoms with E-state index in [9.17, 15) is 9.59 Å². The average Bonchev–Trinajstić information content (AvgIpc) is 3.25. The van der Waals surface area contributed by atoms with Crippen molar-refractivity contribution in [3.63, 3.8) is 0 Å². The lowest BCUT2D eigenvalue weighted by atomic mass is 9.97. The van der Waals surface area contributed by atoms with Gasteiger partial charge in [-0.3, -0.25) is 14.5 Å². The van der Waals surface area contributed by atoms with Crippen LogP contribution < -0.4 is 10.7 Å². The number of amides is 1. The normalized spacial score (nSPS) is 18.1. The highest BCUT2D eigenvalue weighted by molar-refractivity contribution is 5.95. The molecule has 0 radical (unpaired) electrons. The van der Waals surface area contributed by atoms with Gasteiger partial charge in [-0.2, -0.15) is 0 Å². The maximum Gasteiger partial charge on any atom is 0.257 e. The van der Waals surface area contributed by atoms with E-state index in [0.29, 0.717) is 31.2 Å². The number of morpholine rings is 1. The molecule has 1 aromatic rings. The topological polar surface area (TPSA) is 72.8 Å². The lowest BCUT2D eigenvalue weighted by molar-refractivity contribution is 0.0374. The van der Waals surface area contributed by atoms with Crippen molar-refractivity contribution < 1.29 is 14.3 Å². The SMILES string of the molecule is COCCn1c(C)cc(=O)c(C(=O)NCCCN2CCOCC2)c1CC1CCCC1. The largest absolute Gasteiger partial charge is 0.383 e. The van der Waals surface area contributed by atoms with Gasteiger partial charge in [-0.05, 0) is 32.2 Å². The lowest BCUT2D eigenvalue weighted by Crippen LogP contribution is -2.39. The van der Waals surface area contributed by atoms with Crippen molar-refractivity contribution in [1.82, 2.24) is 14.8 Å². The van der Waals surface area contributed by atoms with Crippen molar-refractivity contribution in [2.24, 2.45) is 5.92 Å². The van der Waals surface area contributed by atoms with Crippen LogP contribution in [0.25, 0.3) is 0 Å². The molecule has 2 fully saturated rings. The number of ether oxygens (including phenoxy) is 2. The first-order chi connectivity index (χ1) is 14.6. The van der Waals surface area contributed by atoms with Gasteiger partial charge < -0.3 is 19.4 Å². The minimum Gasteiger partial charge on any atom is -0.383 e. The number of hydrogen-bond acceptors (Lipinski definition) is 5. The summed E-state index contributed by atoms with van der Waals surface area (Å²) in [7, 11) is 1.68. The van der Waals surface area contributed by atoms with Crippen molar-refractivity contribution in [1.29, 1.82) is 0 Å². The molecule has 0 spiro atoms. The highest BCUT2D eigenvalue weighted by Crippen LogP contribution is 2.29. The van der Waals surface area contributed by atoms with E-state index < -0.39 is 0 Å². The Kier molecular flexibility index (Phi) is 8.90. The standard InChI is InChI=1S/C23H37N3O4/c1-18-16-21(27)22(23(28)24-8-5-9-25-10-14-30-15-11-25)20(26(18)12-13-29-2)17-19-6-3-4-7-19/h16,19H,3-15,17H2,1-2H3,(H,24,28). The second-order valence-corrected chi connectivity index (χ2v) is 8.53. The number of rotatable bonds is 10. The Hall–Kier alpha value is -1.70. The summed E-state index contributed by atoms with van der Waals surface area (Å²) < 4.78 is 12.8. The predicted molar refractivity (Wildman–Crippen MR) is 117 cm³/mol. The Balaban J connectivity index is 1.71. The quantitative estimate of drug-likeness (QED) is 0.587. The van der Waals surface area contributed by atoms with Gasteiger partial charge in [-0.25, -0.2) is 0 Å². The van der Waals surface area contributed by atoms with E-state index in [1.165, 1.54) is 25.7 Å². The van der Waals surface area contributed by atoms with Gasteiger partial charge in [0, 0.05) is 50.7 Å². The van der Waals surface area contributed by atoms with Crippen LogP contribution in [-0.4, -0.2) is 68.5 Å². The summed E-state index contributed by atoms with van der Waals surface area (Å²) in [6.07, 6.45) is 6.48. The smallest absolute Gasteiger partial charge is 0.257 e. The number of pyridine rings is 1. The molecule has 2 heterocycles. The van der Waals surface area contributed by atoms with Gasteiger partial charge in [0.1, 0.15) is 5.56 Å². The number of nitrogens with one attached hydrogen (secondary N) is 1. The molecule has 0 atom stereocenters. The molecule has 1 saturated heterocycles. The van der Waals surface area contributed by atoms with Crippen LogP contribution in [-0.2, 0) is 22.4 Å². The zero-order chi connectivity index (χ0) is 21.3.